The number of nitrogens with zero attached hydrogens (tertiary/aromatic N) is 1. The molecule has 0 aliphatic carbocycles. The smallest absolute Gasteiger partial charge is 0.243 e. The second kappa shape index (κ2) is 7.73. The Kier molecular flexibility index (Phi) is 5.94. The predicted octanol–water partition coefficient (Wildman–Crippen LogP) is -0.807. The summed E-state index contributed by atoms with van der Waals surface area (Å²) in [5.74, 6) is 0.0555. The SMILES string of the molecule is COc1ccc(S(=O)(=O)N[C@@H](CO)C(=O)N2CCOCC2)cc1. The summed E-state index contributed by atoms with van der Waals surface area (Å²) in [6, 6.07) is 4.53. The number of rotatable bonds is 6. The number of carbonyl (C=O) groups is 1. The van der Waals surface area contributed by atoms with Gasteiger partial charge in [0.2, 0.25) is 15.9 Å². The van der Waals surface area contributed by atoms with Crippen LogP contribution in [0.5, 0.6) is 5.75 Å². The van der Waals surface area contributed by atoms with Gasteiger partial charge in [0.25, 0.3) is 0 Å². The van der Waals surface area contributed by atoms with Crippen LogP contribution >= 0.6 is 0 Å². The fourth-order valence-corrected chi connectivity index (χ4v) is 3.36. The summed E-state index contributed by atoms with van der Waals surface area (Å²) < 4.78 is 37.0. The Morgan fingerprint density at radius 1 is 1.35 bits per heavy atom. The van der Waals surface area contributed by atoms with Crippen LogP contribution in [0.3, 0.4) is 0 Å². The van der Waals surface area contributed by atoms with Gasteiger partial charge in [0.05, 0.1) is 31.8 Å². The van der Waals surface area contributed by atoms with Crippen LogP contribution in [0.25, 0.3) is 0 Å². The van der Waals surface area contributed by atoms with E-state index in [4.69, 9.17) is 9.47 Å². The molecule has 0 bridgehead atoms. The molecule has 1 heterocycles. The monoisotopic (exact) mass is 344 g/mol. The van der Waals surface area contributed by atoms with Gasteiger partial charge in [-0.05, 0) is 24.3 Å². The number of benzene rings is 1. The molecule has 1 aromatic rings. The van der Waals surface area contributed by atoms with Crippen molar-refractivity contribution in [3.05, 3.63) is 24.3 Å². The van der Waals surface area contributed by atoms with E-state index in [-0.39, 0.29) is 4.90 Å². The second-order valence-corrected chi connectivity index (χ2v) is 6.68. The molecule has 0 radical (unpaired) electrons. The van der Waals surface area contributed by atoms with Crippen molar-refractivity contribution in [3.63, 3.8) is 0 Å². The van der Waals surface area contributed by atoms with Crippen molar-refractivity contribution in [2.75, 3.05) is 40.0 Å². The molecular formula is C14H20N2O6S. The summed E-state index contributed by atoms with van der Waals surface area (Å²) in [5, 5.41) is 9.39. The molecule has 0 aromatic heterocycles. The van der Waals surface area contributed by atoms with Gasteiger partial charge in [-0.25, -0.2) is 8.42 Å². The average molecular weight is 344 g/mol. The van der Waals surface area contributed by atoms with Gasteiger partial charge in [-0.3, -0.25) is 4.79 Å². The third-order valence-corrected chi connectivity index (χ3v) is 4.96. The van der Waals surface area contributed by atoms with Crippen LogP contribution in [-0.4, -0.2) is 70.4 Å². The summed E-state index contributed by atoms with van der Waals surface area (Å²) >= 11 is 0. The number of morpholine rings is 1. The molecule has 1 aromatic carbocycles. The minimum atomic E-state index is -3.92. The average Bonchev–Trinajstić information content (AvgIpc) is 2.60. The van der Waals surface area contributed by atoms with Crippen molar-refractivity contribution in [2.45, 2.75) is 10.9 Å². The molecule has 2 rings (SSSR count). The van der Waals surface area contributed by atoms with E-state index < -0.39 is 28.6 Å². The standard InChI is InChI=1S/C14H20N2O6S/c1-21-11-2-4-12(5-3-11)23(19,20)15-13(10-17)14(18)16-6-8-22-9-7-16/h2-5,13,15,17H,6-10H2,1H3/t13-/m0/s1. The molecule has 128 valence electrons. The van der Waals surface area contributed by atoms with Crippen molar-refractivity contribution in [1.29, 1.82) is 0 Å². The van der Waals surface area contributed by atoms with Gasteiger partial charge in [-0.15, -0.1) is 0 Å². The van der Waals surface area contributed by atoms with Crippen LogP contribution in [0, 0.1) is 0 Å². The molecule has 1 aliphatic rings. The Morgan fingerprint density at radius 3 is 2.48 bits per heavy atom. The molecule has 8 nitrogen and oxygen atoms in total. The van der Waals surface area contributed by atoms with Crippen LogP contribution in [0.1, 0.15) is 0 Å². The van der Waals surface area contributed by atoms with E-state index >= 15 is 0 Å². The number of hydrogen-bond donors (Lipinski definition) is 2. The highest BCUT2D eigenvalue weighted by molar-refractivity contribution is 7.89. The molecule has 1 saturated heterocycles. The number of aliphatic hydroxyl groups excluding tert-OH is 1. The predicted molar refractivity (Wildman–Crippen MR) is 81.6 cm³/mol. The first kappa shape index (κ1) is 17.7. The summed E-state index contributed by atoms with van der Waals surface area (Å²) in [7, 11) is -2.45. The van der Waals surface area contributed by atoms with E-state index in [1.165, 1.54) is 36.3 Å². The highest BCUT2D eigenvalue weighted by atomic mass is 32.2. The maximum absolute atomic E-state index is 12.3. The van der Waals surface area contributed by atoms with Gasteiger partial charge in [-0.2, -0.15) is 4.72 Å². The van der Waals surface area contributed by atoms with Crippen molar-refractivity contribution < 1.29 is 27.8 Å². The zero-order valence-electron chi connectivity index (χ0n) is 12.8. The minimum absolute atomic E-state index is 0.00784. The Labute approximate surface area is 135 Å². The van der Waals surface area contributed by atoms with E-state index in [0.717, 1.165) is 0 Å². The molecular weight excluding hydrogens is 324 g/mol. The van der Waals surface area contributed by atoms with Crippen LogP contribution < -0.4 is 9.46 Å². The van der Waals surface area contributed by atoms with E-state index in [1.807, 2.05) is 0 Å². The zero-order valence-corrected chi connectivity index (χ0v) is 13.6. The van der Waals surface area contributed by atoms with Crippen molar-refractivity contribution >= 4 is 15.9 Å². The second-order valence-electron chi connectivity index (χ2n) is 4.97. The quantitative estimate of drug-likeness (QED) is 0.699. The lowest BCUT2D eigenvalue weighted by molar-refractivity contribution is -0.137. The van der Waals surface area contributed by atoms with Gasteiger partial charge >= 0.3 is 0 Å². The highest BCUT2D eigenvalue weighted by Crippen LogP contribution is 2.16. The molecule has 1 atom stereocenters. The van der Waals surface area contributed by atoms with E-state index in [0.29, 0.717) is 32.1 Å². The molecule has 0 unspecified atom stereocenters. The maximum atomic E-state index is 12.3. The van der Waals surface area contributed by atoms with Crippen LogP contribution in [0.2, 0.25) is 0 Å². The number of sulfonamides is 1. The minimum Gasteiger partial charge on any atom is -0.497 e. The summed E-state index contributed by atoms with van der Waals surface area (Å²) in [5.41, 5.74) is 0. The normalized spacial score (nSPS) is 16.9. The van der Waals surface area contributed by atoms with Gasteiger partial charge in [0.15, 0.2) is 0 Å². The molecule has 9 heteroatoms. The van der Waals surface area contributed by atoms with Gasteiger partial charge in [0.1, 0.15) is 11.8 Å². The number of methoxy groups -OCH3 is 1. The van der Waals surface area contributed by atoms with Gasteiger partial charge in [-0.1, -0.05) is 0 Å². The van der Waals surface area contributed by atoms with Crippen LogP contribution in [-0.2, 0) is 19.6 Å². The molecule has 2 N–H and O–H groups in total. The van der Waals surface area contributed by atoms with E-state index in [2.05, 4.69) is 4.72 Å². The number of nitrogens with one attached hydrogen (secondary N) is 1. The van der Waals surface area contributed by atoms with Gasteiger partial charge < -0.3 is 19.5 Å². The highest BCUT2D eigenvalue weighted by Gasteiger charge is 2.29. The van der Waals surface area contributed by atoms with E-state index in [1.54, 1.807) is 0 Å². The van der Waals surface area contributed by atoms with Gasteiger partial charge in [0, 0.05) is 13.1 Å². The lowest BCUT2D eigenvalue weighted by Crippen LogP contribution is -2.53. The lowest BCUT2D eigenvalue weighted by Gasteiger charge is -2.30. The molecule has 0 saturated carbocycles. The summed E-state index contributed by atoms with van der Waals surface area (Å²) in [6.07, 6.45) is 0. The zero-order chi connectivity index (χ0) is 16.9. The largest absolute Gasteiger partial charge is 0.497 e. The van der Waals surface area contributed by atoms with Crippen LogP contribution in [0.15, 0.2) is 29.2 Å². The third-order valence-electron chi connectivity index (χ3n) is 3.47. The Morgan fingerprint density at radius 2 is 1.96 bits per heavy atom. The number of amides is 1. The lowest BCUT2D eigenvalue weighted by atomic mass is 10.2. The number of aliphatic hydroxyl groups is 1. The molecule has 1 aliphatic heterocycles. The number of carbonyl (C=O) groups excluding carboxylic acids is 1. The Bertz CT molecular complexity index is 625. The van der Waals surface area contributed by atoms with Crippen molar-refractivity contribution in [3.8, 4) is 5.75 Å². The first-order chi connectivity index (χ1) is 11.0. The first-order valence-electron chi connectivity index (χ1n) is 7.11. The number of hydrogen-bond acceptors (Lipinski definition) is 6. The van der Waals surface area contributed by atoms with Crippen LogP contribution in [0.4, 0.5) is 0 Å². The Balaban J connectivity index is 2.10. The topological polar surface area (TPSA) is 105 Å². The molecule has 1 amide bonds. The van der Waals surface area contributed by atoms with Crippen molar-refractivity contribution in [2.24, 2.45) is 0 Å². The fourth-order valence-electron chi connectivity index (χ4n) is 2.18. The molecule has 1 fully saturated rings. The third kappa shape index (κ3) is 4.41. The maximum Gasteiger partial charge on any atom is 0.243 e. The van der Waals surface area contributed by atoms with Crippen molar-refractivity contribution in [1.82, 2.24) is 9.62 Å². The fraction of sp³-hybridized carbons (Fsp3) is 0.500. The Hall–Kier alpha value is -1.68. The first-order valence-corrected chi connectivity index (χ1v) is 8.60. The van der Waals surface area contributed by atoms with E-state index in [9.17, 15) is 18.3 Å². The number of ether oxygens (including phenoxy) is 2. The molecule has 23 heavy (non-hydrogen) atoms. The molecule has 0 spiro atoms. The summed E-state index contributed by atoms with van der Waals surface area (Å²) in [6.45, 7) is 0.926. The summed E-state index contributed by atoms with van der Waals surface area (Å²) in [4.78, 5) is 13.8.